The summed E-state index contributed by atoms with van der Waals surface area (Å²) in [5.74, 6) is 0.554. The van der Waals surface area contributed by atoms with Crippen molar-refractivity contribution in [3.63, 3.8) is 0 Å². The lowest BCUT2D eigenvalue weighted by Gasteiger charge is -2.17. The molecule has 0 fully saturated rings. The molecule has 0 aliphatic heterocycles. The molecule has 0 radical (unpaired) electrons. The molecule has 102 valence electrons. The number of nitrogens with one attached hydrogen (secondary N) is 1. The highest BCUT2D eigenvalue weighted by Crippen LogP contribution is 2.16. The average molecular weight is 269 g/mol. The summed E-state index contributed by atoms with van der Waals surface area (Å²) in [7, 11) is -1.01. The van der Waals surface area contributed by atoms with Gasteiger partial charge in [-0.15, -0.1) is 0 Å². The molecule has 0 heterocycles. The van der Waals surface area contributed by atoms with E-state index in [4.69, 9.17) is 5.11 Å². The summed E-state index contributed by atoms with van der Waals surface area (Å²) in [5, 5.41) is 12.3. The Labute approximate surface area is 112 Å². The predicted octanol–water partition coefficient (Wildman–Crippen LogP) is 1.77. The van der Waals surface area contributed by atoms with Crippen LogP contribution in [0.1, 0.15) is 24.5 Å². The first-order chi connectivity index (χ1) is 8.58. The molecule has 2 atom stereocenters. The van der Waals surface area contributed by atoms with Crippen molar-refractivity contribution in [2.75, 3.05) is 18.9 Å². The average Bonchev–Trinajstić information content (AvgIpc) is 2.29. The van der Waals surface area contributed by atoms with Crippen molar-refractivity contribution in [3.05, 3.63) is 29.3 Å². The fraction of sp³-hybridized carbons (Fsp3) is 0.571. The van der Waals surface area contributed by atoms with Gasteiger partial charge in [-0.25, -0.2) is 0 Å². The minimum Gasteiger partial charge on any atom is -0.396 e. The normalized spacial score (nSPS) is 14.4. The summed E-state index contributed by atoms with van der Waals surface area (Å²) in [5.41, 5.74) is 2.26. The second-order valence-corrected chi connectivity index (χ2v) is 6.01. The van der Waals surface area contributed by atoms with Crippen LogP contribution in [-0.4, -0.2) is 34.3 Å². The number of hydrogen-bond acceptors (Lipinski definition) is 3. The van der Waals surface area contributed by atoms with Crippen LogP contribution in [0.2, 0.25) is 0 Å². The Hall–Kier alpha value is -0.710. The zero-order chi connectivity index (χ0) is 13.5. The monoisotopic (exact) mass is 269 g/mol. The molecule has 0 aliphatic carbocycles. The molecule has 0 aliphatic rings. The van der Waals surface area contributed by atoms with Gasteiger partial charge >= 0.3 is 0 Å². The number of rotatable bonds is 7. The van der Waals surface area contributed by atoms with Crippen LogP contribution in [0.15, 0.2) is 23.1 Å². The number of aliphatic hydroxyl groups excluding tert-OH is 1. The zero-order valence-electron chi connectivity index (χ0n) is 11.4. The fourth-order valence-corrected chi connectivity index (χ4v) is 3.48. The number of benzene rings is 1. The maximum absolute atomic E-state index is 12.3. The minimum absolute atomic E-state index is 0.113. The molecule has 0 saturated heterocycles. The van der Waals surface area contributed by atoms with Gasteiger partial charge in [0.15, 0.2) is 0 Å². The van der Waals surface area contributed by atoms with E-state index in [2.05, 4.69) is 11.4 Å². The Morgan fingerprint density at radius 3 is 2.67 bits per heavy atom. The molecule has 0 aromatic heterocycles. The zero-order valence-corrected chi connectivity index (χ0v) is 12.2. The van der Waals surface area contributed by atoms with Gasteiger partial charge in [0.25, 0.3) is 0 Å². The highest BCUT2D eigenvalue weighted by atomic mass is 32.2. The van der Waals surface area contributed by atoms with E-state index >= 15 is 0 Å². The molecule has 18 heavy (non-hydrogen) atoms. The van der Waals surface area contributed by atoms with E-state index in [-0.39, 0.29) is 12.6 Å². The van der Waals surface area contributed by atoms with E-state index < -0.39 is 10.8 Å². The third-order valence-corrected chi connectivity index (χ3v) is 4.55. The van der Waals surface area contributed by atoms with Crippen LogP contribution < -0.4 is 5.32 Å². The quantitative estimate of drug-likeness (QED) is 0.793. The van der Waals surface area contributed by atoms with Gasteiger partial charge in [0.2, 0.25) is 0 Å². The van der Waals surface area contributed by atoms with E-state index in [1.807, 2.05) is 32.9 Å². The number of hydrogen-bond donors (Lipinski definition) is 2. The maximum atomic E-state index is 12.3. The van der Waals surface area contributed by atoms with Crippen LogP contribution in [0, 0.1) is 13.8 Å². The Balaban J connectivity index is 2.73. The van der Waals surface area contributed by atoms with Gasteiger partial charge in [-0.2, -0.15) is 0 Å². The van der Waals surface area contributed by atoms with E-state index in [0.29, 0.717) is 12.2 Å². The molecule has 0 saturated carbocycles. The van der Waals surface area contributed by atoms with Gasteiger partial charge in [-0.1, -0.05) is 24.6 Å². The molecule has 4 heteroatoms. The van der Waals surface area contributed by atoms with E-state index in [0.717, 1.165) is 17.0 Å². The predicted molar refractivity (Wildman–Crippen MR) is 76.4 cm³/mol. The lowest BCUT2D eigenvalue weighted by atomic mass is 10.2. The molecular formula is C14H23NO2S. The number of aliphatic hydroxyl groups is 1. The van der Waals surface area contributed by atoms with Crippen LogP contribution in [0.4, 0.5) is 0 Å². The minimum atomic E-state index is -1.01. The number of aryl methyl sites for hydroxylation is 2. The van der Waals surface area contributed by atoms with Crippen molar-refractivity contribution < 1.29 is 9.32 Å². The SMILES string of the molecule is CCNC(CCO)CS(=O)c1ccc(C)cc1C. The van der Waals surface area contributed by atoms with Crippen LogP contribution in [-0.2, 0) is 10.8 Å². The van der Waals surface area contributed by atoms with Gasteiger partial charge in [-0.3, -0.25) is 4.21 Å². The molecule has 0 spiro atoms. The Morgan fingerprint density at radius 1 is 1.39 bits per heavy atom. The first-order valence-electron chi connectivity index (χ1n) is 6.38. The highest BCUT2D eigenvalue weighted by molar-refractivity contribution is 7.85. The molecule has 2 unspecified atom stereocenters. The van der Waals surface area contributed by atoms with Crippen LogP contribution in [0.3, 0.4) is 0 Å². The Kier molecular flexibility index (Phi) is 6.54. The van der Waals surface area contributed by atoms with E-state index in [1.165, 1.54) is 5.56 Å². The summed E-state index contributed by atoms with van der Waals surface area (Å²) >= 11 is 0. The summed E-state index contributed by atoms with van der Waals surface area (Å²) in [6.45, 7) is 7.00. The molecule has 0 bridgehead atoms. The van der Waals surface area contributed by atoms with E-state index in [1.54, 1.807) is 0 Å². The molecule has 1 aromatic rings. The van der Waals surface area contributed by atoms with Crippen molar-refractivity contribution in [1.29, 1.82) is 0 Å². The Morgan fingerprint density at radius 2 is 2.11 bits per heavy atom. The molecule has 3 nitrogen and oxygen atoms in total. The summed E-state index contributed by atoms with van der Waals surface area (Å²) in [6.07, 6.45) is 0.643. The summed E-state index contributed by atoms with van der Waals surface area (Å²) in [4.78, 5) is 0.904. The largest absolute Gasteiger partial charge is 0.396 e. The fourth-order valence-electron chi connectivity index (χ4n) is 2.02. The highest BCUT2D eigenvalue weighted by Gasteiger charge is 2.14. The topological polar surface area (TPSA) is 49.3 Å². The first-order valence-corrected chi connectivity index (χ1v) is 7.70. The van der Waals surface area contributed by atoms with Crippen molar-refractivity contribution >= 4 is 10.8 Å². The van der Waals surface area contributed by atoms with Crippen molar-refractivity contribution in [2.24, 2.45) is 0 Å². The first kappa shape index (κ1) is 15.3. The second-order valence-electron chi connectivity index (χ2n) is 4.55. The van der Waals surface area contributed by atoms with Crippen LogP contribution in [0.25, 0.3) is 0 Å². The smallest absolute Gasteiger partial charge is 0.0547 e. The lowest BCUT2D eigenvalue weighted by molar-refractivity contribution is 0.270. The van der Waals surface area contributed by atoms with Gasteiger partial charge in [0.05, 0.1) is 10.8 Å². The van der Waals surface area contributed by atoms with Crippen molar-refractivity contribution in [3.8, 4) is 0 Å². The maximum Gasteiger partial charge on any atom is 0.0547 e. The molecule has 1 rings (SSSR count). The van der Waals surface area contributed by atoms with Gasteiger partial charge < -0.3 is 10.4 Å². The lowest BCUT2D eigenvalue weighted by Crippen LogP contribution is -2.34. The van der Waals surface area contributed by atoms with Crippen molar-refractivity contribution in [1.82, 2.24) is 5.32 Å². The third kappa shape index (κ3) is 4.52. The molecule has 0 amide bonds. The summed E-state index contributed by atoms with van der Waals surface area (Å²) in [6, 6.07) is 6.11. The molecular weight excluding hydrogens is 246 g/mol. The van der Waals surface area contributed by atoms with Gasteiger partial charge in [0.1, 0.15) is 0 Å². The Bertz CT molecular complexity index is 401. The summed E-state index contributed by atoms with van der Waals surface area (Å²) < 4.78 is 12.3. The molecule has 1 aromatic carbocycles. The second kappa shape index (κ2) is 7.67. The van der Waals surface area contributed by atoms with Crippen LogP contribution >= 0.6 is 0 Å². The third-order valence-electron chi connectivity index (χ3n) is 2.90. The van der Waals surface area contributed by atoms with Crippen LogP contribution in [0.5, 0.6) is 0 Å². The molecule has 2 N–H and O–H groups in total. The van der Waals surface area contributed by atoms with Crippen molar-refractivity contribution in [2.45, 2.75) is 38.1 Å². The van der Waals surface area contributed by atoms with Gasteiger partial charge in [-0.05, 0) is 38.4 Å². The van der Waals surface area contributed by atoms with E-state index in [9.17, 15) is 4.21 Å². The standard InChI is InChI=1S/C14H23NO2S/c1-4-15-13(7-8-16)10-18(17)14-6-5-11(2)9-12(14)3/h5-6,9,13,15-16H,4,7-8,10H2,1-3H3. The van der Waals surface area contributed by atoms with Gasteiger partial charge in [0, 0.05) is 23.3 Å².